The van der Waals surface area contributed by atoms with Gasteiger partial charge in [-0.1, -0.05) is 29.8 Å². The zero-order valence-corrected chi connectivity index (χ0v) is 12.3. The summed E-state index contributed by atoms with van der Waals surface area (Å²) in [5.74, 6) is 0.0000729. The summed E-state index contributed by atoms with van der Waals surface area (Å²) in [6, 6.07) is 6.71. The van der Waals surface area contributed by atoms with E-state index in [1.165, 1.54) is 6.07 Å². The highest BCUT2D eigenvalue weighted by molar-refractivity contribution is 6.30. The Bertz CT molecular complexity index is 581. The number of hydrogen-bond donors (Lipinski definition) is 0. The van der Waals surface area contributed by atoms with Crippen LogP contribution in [0.1, 0.15) is 22.7 Å². The van der Waals surface area contributed by atoms with E-state index < -0.39 is 0 Å². The van der Waals surface area contributed by atoms with Crippen molar-refractivity contribution >= 4 is 23.2 Å². The minimum Gasteiger partial charge on any atom is -0.257 e. The average molecular weight is 301 g/mol. The SMILES string of the molecule is Cc1nn(C)c(Cl)c1CC(CCl)c1ccccc1F. The Morgan fingerprint density at radius 1 is 1.37 bits per heavy atom. The Morgan fingerprint density at radius 3 is 2.58 bits per heavy atom. The molecule has 0 aliphatic carbocycles. The van der Waals surface area contributed by atoms with Gasteiger partial charge in [-0.3, -0.25) is 4.68 Å². The topological polar surface area (TPSA) is 17.8 Å². The summed E-state index contributed by atoms with van der Waals surface area (Å²) < 4.78 is 15.4. The Balaban J connectivity index is 2.32. The number of alkyl halides is 1. The van der Waals surface area contributed by atoms with Crippen molar-refractivity contribution < 1.29 is 4.39 Å². The third-order valence-corrected chi connectivity index (χ3v) is 4.10. The zero-order valence-electron chi connectivity index (χ0n) is 10.8. The molecule has 0 fully saturated rings. The van der Waals surface area contributed by atoms with E-state index in [1.807, 2.05) is 13.0 Å². The summed E-state index contributed by atoms with van der Waals surface area (Å²) in [7, 11) is 1.79. The number of benzene rings is 1. The van der Waals surface area contributed by atoms with Crippen molar-refractivity contribution in [1.29, 1.82) is 0 Å². The van der Waals surface area contributed by atoms with Crippen LogP contribution in [0.15, 0.2) is 24.3 Å². The molecule has 1 atom stereocenters. The van der Waals surface area contributed by atoms with Crippen LogP contribution in [0, 0.1) is 12.7 Å². The van der Waals surface area contributed by atoms with Crippen LogP contribution >= 0.6 is 23.2 Å². The van der Waals surface area contributed by atoms with Crippen LogP contribution in [-0.2, 0) is 13.5 Å². The number of halogens is 3. The third kappa shape index (κ3) is 2.93. The molecule has 0 aliphatic heterocycles. The predicted octanol–water partition coefficient (Wildman–Crippen LogP) is 4.09. The van der Waals surface area contributed by atoms with Crippen LogP contribution in [0.5, 0.6) is 0 Å². The number of nitrogens with zero attached hydrogens (tertiary/aromatic N) is 2. The van der Waals surface area contributed by atoms with Gasteiger partial charge in [-0.15, -0.1) is 11.6 Å². The first-order chi connectivity index (χ1) is 9.04. The third-order valence-electron chi connectivity index (χ3n) is 3.25. The average Bonchev–Trinajstić information content (AvgIpc) is 2.63. The fraction of sp³-hybridized carbons (Fsp3) is 0.357. The Hall–Kier alpha value is -1.06. The lowest BCUT2D eigenvalue weighted by Gasteiger charge is -2.15. The molecule has 5 heteroatoms. The normalized spacial score (nSPS) is 12.7. The van der Waals surface area contributed by atoms with Crippen LogP contribution in [0.2, 0.25) is 5.15 Å². The quantitative estimate of drug-likeness (QED) is 0.778. The molecule has 19 heavy (non-hydrogen) atoms. The standard InChI is InChI=1S/C14H15Cl2FN2/c1-9-12(14(16)19(2)18-9)7-10(8-15)11-5-3-4-6-13(11)17/h3-6,10H,7-8H2,1-2H3. The van der Waals surface area contributed by atoms with E-state index in [-0.39, 0.29) is 11.7 Å². The Kier molecular flexibility index (Phi) is 4.48. The zero-order chi connectivity index (χ0) is 14.0. The van der Waals surface area contributed by atoms with Crippen LogP contribution in [0.3, 0.4) is 0 Å². The first-order valence-corrected chi connectivity index (χ1v) is 6.94. The maximum absolute atomic E-state index is 13.8. The summed E-state index contributed by atoms with van der Waals surface area (Å²) in [5, 5.41) is 4.85. The molecule has 2 rings (SSSR count). The molecule has 2 aromatic rings. The van der Waals surface area contributed by atoms with E-state index in [4.69, 9.17) is 23.2 Å². The lowest BCUT2D eigenvalue weighted by Crippen LogP contribution is -2.07. The van der Waals surface area contributed by atoms with Crippen LogP contribution < -0.4 is 0 Å². The predicted molar refractivity (Wildman–Crippen MR) is 76.5 cm³/mol. The molecular weight excluding hydrogens is 286 g/mol. The van der Waals surface area contributed by atoms with E-state index >= 15 is 0 Å². The van der Waals surface area contributed by atoms with E-state index in [2.05, 4.69) is 5.10 Å². The second-order valence-electron chi connectivity index (χ2n) is 4.56. The van der Waals surface area contributed by atoms with Crippen molar-refractivity contribution in [2.75, 3.05) is 5.88 Å². The number of hydrogen-bond acceptors (Lipinski definition) is 1. The summed E-state index contributed by atoms with van der Waals surface area (Å²) in [5.41, 5.74) is 2.41. The van der Waals surface area contributed by atoms with Gasteiger partial charge in [0, 0.05) is 24.4 Å². The first-order valence-electron chi connectivity index (χ1n) is 6.03. The lowest BCUT2D eigenvalue weighted by molar-refractivity contribution is 0.588. The minimum atomic E-state index is -0.231. The second-order valence-corrected chi connectivity index (χ2v) is 5.22. The lowest BCUT2D eigenvalue weighted by atomic mass is 9.93. The number of aromatic nitrogens is 2. The molecule has 0 radical (unpaired) electrons. The molecule has 0 bridgehead atoms. The molecule has 0 saturated heterocycles. The van der Waals surface area contributed by atoms with Gasteiger partial charge in [0.05, 0.1) is 5.69 Å². The number of aryl methyl sites for hydroxylation is 2. The molecule has 1 unspecified atom stereocenters. The molecule has 0 N–H and O–H groups in total. The smallest absolute Gasteiger partial charge is 0.130 e. The van der Waals surface area contributed by atoms with Gasteiger partial charge in [0.1, 0.15) is 11.0 Å². The first kappa shape index (κ1) is 14.4. The van der Waals surface area contributed by atoms with Gasteiger partial charge < -0.3 is 0 Å². The molecule has 1 aromatic carbocycles. The van der Waals surface area contributed by atoms with Crippen molar-refractivity contribution in [3.63, 3.8) is 0 Å². The highest BCUT2D eigenvalue weighted by Gasteiger charge is 2.20. The van der Waals surface area contributed by atoms with Gasteiger partial charge in [0.2, 0.25) is 0 Å². The summed E-state index contributed by atoms with van der Waals surface area (Å²) >= 11 is 12.2. The van der Waals surface area contributed by atoms with E-state index in [9.17, 15) is 4.39 Å². The summed E-state index contributed by atoms with van der Waals surface area (Å²) in [6.45, 7) is 1.90. The fourth-order valence-corrected chi connectivity index (χ4v) is 2.73. The van der Waals surface area contributed by atoms with Gasteiger partial charge in [-0.05, 0) is 25.0 Å². The van der Waals surface area contributed by atoms with E-state index in [1.54, 1.807) is 23.9 Å². The van der Waals surface area contributed by atoms with E-state index in [0.717, 1.165) is 11.3 Å². The fourth-order valence-electron chi connectivity index (χ4n) is 2.21. The molecule has 0 aliphatic rings. The maximum atomic E-state index is 13.8. The number of rotatable bonds is 4. The minimum absolute atomic E-state index is 0.108. The summed E-state index contributed by atoms with van der Waals surface area (Å²) in [4.78, 5) is 0. The van der Waals surface area contributed by atoms with Crippen LogP contribution in [0.25, 0.3) is 0 Å². The monoisotopic (exact) mass is 300 g/mol. The van der Waals surface area contributed by atoms with Crippen molar-refractivity contribution in [3.05, 3.63) is 52.1 Å². The van der Waals surface area contributed by atoms with Gasteiger partial charge in [-0.2, -0.15) is 5.10 Å². The van der Waals surface area contributed by atoms with Crippen LogP contribution in [-0.4, -0.2) is 15.7 Å². The highest BCUT2D eigenvalue weighted by Crippen LogP contribution is 2.29. The van der Waals surface area contributed by atoms with Gasteiger partial charge in [0.25, 0.3) is 0 Å². The molecule has 0 saturated carbocycles. The Morgan fingerprint density at radius 2 is 2.05 bits per heavy atom. The highest BCUT2D eigenvalue weighted by atomic mass is 35.5. The molecule has 1 heterocycles. The van der Waals surface area contributed by atoms with Crippen molar-refractivity contribution in [2.45, 2.75) is 19.3 Å². The van der Waals surface area contributed by atoms with Gasteiger partial charge in [0.15, 0.2) is 0 Å². The molecule has 1 aromatic heterocycles. The molecule has 0 amide bonds. The molecule has 102 valence electrons. The largest absolute Gasteiger partial charge is 0.257 e. The summed E-state index contributed by atoms with van der Waals surface area (Å²) in [6.07, 6.45) is 0.586. The van der Waals surface area contributed by atoms with Gasteiger partial charge >= 0.3 is 0 Å². The van der Waals surface area contributed by atoms with Crippen molar-refractivity contribution in [1.82, 2.24) is 9.78 Å². The van der Waals surface area contributed by atoms with Crippen LogP contribution in [0.4, 0.5) is 4.39 Å². The second kappa shape index (κ2) is 5.93. The van der Waals surface area contributed by atoms with Gasteiger partial charge in [-0.25, -0.2) is 4.39 Å². The van der Waals surface area contributed by atoms with Crippen molar-refractivity contribution in [3.8, 4) is 0 Å². The molecule has 2 nitrogen and oxygen atoms in total. The Labute approximate surface area is 122 Å². The van der Waals surface area contributed by atoms with Crippen molar-refractivity contribution in [2.24, 2.45) is 7.05 Å². The molecule has 0 spiro atoms. The maximum Gasteiger partial charge on any atom is 0.130 e. The molecular formula is C14H15Cl2FN2. The van der Waals surface area contributed by atoms with E-state index in [0.29, 0.717) is 23.0 Å².